The van der Waals surface area contributed by atoms with Crippen LogP contribution in [0.15, 0.2) is 15.9 Å². The summed E-state index contributed by atoms with van der Waals surface area (Å²) >= 11 is 5.30. The van der Waals surface area contributed by atoms with Gasteiger partial charge in [0.15, 0.2) is 0 Å². The molecule has 2 rings (SSSR count). The molecule has 1 saturated heterocycles. The van der Waals surface area contributed by atoms with Gasteiger partial charge in [0.05, 0.1) is 10.4 Å². The normalized spacial score (nSPS) is 21.8. The maximum Gasteiger partial charge on any atom is 0.0701 e. The number of nitrogens with one attached hydrogen (secondary N) is 1. The highest BCUT2D eigenvalue weighted by Crippen LogP contribution is 2.22. The molecule has 0 spiro atoms. The van der Waals surface area contributed by atoms with Crippen molar-refractivity contribution < 1.29 is 4.74 Å². The number of halogens is 1. The van der Waals surface area contributed by atoms with Crippen LogP contribution in [-0.4, -0.2) is 25.8 Å². The van der Waals surface area contributed by atoms with Crippen LogP contribution in [0.2, 0.25) is 0 Å². The Labute approximate surface area is 103 Å². The van der Waals surface area contributed by atoms with Crippen LogP contribution in [0.1, 0.15) is 17.7 Å². The van der Waals surface area contributed by atoms with Crippen molar-refractivity contribution in [3.05, 3.63) is 20.8 Å². The standard InChI is InChI=1S/C11H16BrNOS/c12-11-4-3-10(15-11)5-6-13-9-2-1-7-14-8-9/h3-4,9,13H,1-2,5-8H2. The second-order valence-corrected chi connectivity index (χ2v) is 6.37. The van der Waals surface area contributed by atoms with E-state index in [1.54, 1.807) is 0 Å². The largest absolute Gasteiger partial charge is 0.380 e. The minimum absolute atomic E-state index is 0.571. The average Bonchev–Trinajstić information content (AvgIpc) is 2.66. The van der Waals surface area contributed by atoms with E-state index in [0.717, 1.165) is 26.2 Å². The molecule has 2 heterocycles. The van der Waals surface area contributed by atoms with Crippen LogP contribution in [0.25, 0.3) is 0 Å². The lowest BCUT2D eigenvalue weighted by atomic mass is 10.1. The quantitative estimate of drug-likeness (QED) is 0.920. The van der Waals surface area contributed by atoms with Gasteiger partial charge in [-0.15, -0.1) is 11.3 Å². The van der Waals surface area contributed by atoms with Gasteiger partial charge < -0.3 is 10.1 Å². The van der Waals surface area contributed by atoms with Crippen molar-refractivity contribution >= 4 is 27.3 Å². The first-order valence-corrected chi connectivity index (χ1v) is 7.01. The fourth-order valence-electron chi connectivity index (χ4n) is 1.79. The Bertz CT molecular complexity index is 297. The molecule has 1 aromatic heterocycles. The maximum absolute atomic E-state index is 5.42. The summed E-state index contributed by atoms with van der Waals surface area (Å²) < 4.78 is 6.64. The Morgan fingerprint density at radius 1 is 1.53 bits per heavy atom. The van der Waals surface area contributed by atoms with Crippen molar-refractivity contribution in [2.75, 3.05) is 19.8 Å². The van der Waals surface area contributed by atoms with Crippen molar-refractivity contribution in [2.45, 2.75) is 25.3 Å². The smallest absolute Gasteiger partial charge is 0.0701 e. The summed E-state index contributed by atoms with van der Waals surface area (Å²) in [5.41, 5.74) is 0. The highest BCUT2D eigenvalue weighted by Gasteiger charge is 2.12. The van der Waals surface area contributed by atoms with Gasteiger partial charge in [-0.1, -0.05) is 0 Å². The van der Waals surface area contributed by atoms with E-state index in [0.29, 0.717) is 6.04 Å². The maximum atomic E-state index is 5.42. The number of hydrogen-bond donors (Lipinski definition) is 1. The molecule has 0 bridgehead atoms. The molecular formula is C11H16BrNOS. The monoisotopic (exact) mass is 289 g/mol. The third-order valence-electron chi connectivity index (χ3n) is 2.59. The Morgan fingerprint density at radius 3 is 3.13 bits per heavy atom. The Kier molecular flexibility index (Phi) is 4.62. The minimum atomic E-state index is 0.571. The van der Waals surface area contributed by atoms with Gasteiger partial charge in [-0.3, -0.25) is 0 Å². The molecule has 0 aromatic carbocycles. The Hall–Kier alpha value is 0.1000. The lowest BCUT2D eigenvalue weighted by molar-refractivity contribution is 0.0707. The topological polar surface area (TPSA) is 21.3 Å². The zero-order chi connectivity index (χ0) is 10.5. The van der Waals surface area contributed by atoms with Crippen LogP contribution in [0.5, 0.6) is 0 Å². The second kappa shape index (κ2) is 5.99. The van der Waals surface area contributed by atoms with E-state index in [1.807, 2.05) is 11.3 Å². The van der Waals surface area contributed by atoms with Gasteiger partial charge >= 0.3 is 0 Å². The third-order valence-corrected chi connectivity index (χ3v) is 4.28. The lowest BCUT2D eigenvalue weighted by Gasteiger charge is -2.23. The number of hydrogen-bond acceptors (Lipinski definition) is 3. The van der Waals surface area contributed by atoms with Crippen molar-refractivity contribution in [3.8, 4) is 0 Å². The minimum Gasteiger partial charge on any atom is -0.380 e. The van der Waals surface area contributed by atoms with E-state index in [9.17, 15) is 0 Å². The van der Waals surface area contributed by atoms with Crippen LogP contribution >= 0.6 is 27.3 Å². The van der Waals surface area contributed by atoms with Crippen LogP contribution in [0.3, 0.4) is 0 Å². The van der Waals surface area contributed by atoms with Gasteiger partial charge in [-0.05, 0) is 47.3 Å². The summed E-state index contributed by atoms with van der Waals surface area (Å²) in [5, 5.41) is 3.55. The number of ether oxygens (including phenoxy) is 1. The van der Waals surface area contributed by atoms with Gasteiger partial charge in [0.1, 0.15) is 0 Å². The second-order valence-electron chi connectivity index (χ2n) is 3.82. The highest BCUT2D eigenvalue weighted by molar-refractivity contribution is 9.11. The van der Waals surface area contributed by atoms with Crippen molar-refractivity contribution in [1.29, 1.82) is 0 Å². The third kappa shape index (κ3) is 3.87. The predicted octanol–water partition coefficient (Wildman–Crippen LogP) is 2.82. The molecule has 0 amide bonds. The van der Waals surface area contributed by atoms with E-state index < -0.39 is 0 Å². The fraction of sp³-hybridized carbons (Fsp3) is 0.636. The van der Waals surface area contributed by atoms with Gasteiger partial charge in [-0.25, -0.2) is 0 Å². The Balaban J connectivity index is 1.65. The molecule has 1 aliphatic heterocycles. The van der Waals surface area contributed by atoms with E-state index in [4.69, 9.17) is 4.74 Å². The molecule has 2 nitrogen and oxygen atoms in total. The summed E-state index contributed by atoms with van der Waals surface area (Å²) in [7, 11) is 0. The first kappa shape index (κ1) is 11.6. The zero-order valence-electron chi connectivity index (χ0n) is 8.67. The summed E-state index contributed by atoms with van der Waals surface area (Å²) in [6.45, 7) is 2.88. The van der Waals surface area contributed by atoms with Crippen molar-refractivity contribution in [3.63, 3.8) is 0 Å². The predicted molar refractivity (Wildman–Crippen MR) is 67.6 cm³/mol. The molecule has 0 radical (unpaired) electrons. The number of thiophene rings is 1. The van der Waals surface area contributed by atoms with Crippen LogP contribution < -0.4 is 5.32 Å². The fourth-order valence-corrected chi connectivity index (χ4v) is 3.27. The molecule has 1 unspecified atom stereocenters. The van der Waals surface area contributed by atoms with Crippen LogP contribution in [-0.2, 0) is 11.2 Å². The summed E-state index contributed by atoms with van der Waals surface area (Å²) in [4.78, 5) is 1.44. The zero-order valence-corrected chi connectivity index (χ0v) is 11.1. The van der Waals surface area contributed by atoms with E-state index >= 15 is 0 Å². The molecule has 1 fully saturated rings. The molecular weight excluding hydrogens is 274 g/mol. The average molecular weight is 290 g/mol. The Morgan fingerprint density at radius 2 is 2.47 bits per heavy atom. The van der Waals surface area contributed by atoms with Crippen LogP contribution in [0.4, 0.5) is 0 Å². The molecule has 0 aliphatic carbocycles. The van der Waals surface area contributed by atoms with Crippen molar-refractivity contribution in [1.82, 2.24) is 5.32 Å². The molecule has 15 heavy (non-hydrogen) atoms. The van der Waals surface area contributed by atoms with E-state index in [-0.39, 0.29) is 0 Å². The summed E-state index contributed by atoms with van der Waals surface area (Å²) in [6, 6.07) is 4.87. The van der Waals surface area contributed by atoms with Gasteiger partial charge in [0.2, 0.25) is 0 Å². The molecule has 84 valence electrons. The SMILES string of the molecule is Brc1ccc(CCNC2CCCOC2)s1. The molecule has 1 aliphatic rings. The van der Waals surface area contributed by atoms with Crippen molar-refractivity contribution in [2.24, 2.45) is 0 Å². The highest BCUT2D eigenvalue weighted by atomic mass is 79.9. The molecule has 0 saturated carbocycles. The van der Waals surface area contributed by atoms with Gasteiger partial charge in [-0.2, -0.15) is 0 Å². The van der Waals surface area contributed by atoms with E-state index in [1.165, 1.54) is 21.5 Å². The lowest BCUT2D eigenvalue weighted by Crippen LogP contribution is -2.37. The molecule has 1 aromatic rings. The molecule has 1 atom stereocenters. The summed E-state index contributed by atoms with van der Waals surface area (Å²) in [6.07, 6.45) is 3.57. The molecule has 1 N–H and O–H groups in total. The first-order chi connectivity index (χ1) is 7.34. The number of rotatable bonds is 4. The van der Waals surface area contributed by atoms with Gasteiger partial charge in [0, 0.05) is 24.1 Å². The first-order valence-electron chi connectivity index (χ1n) is 5.40. The van der Waals surface area contributed by atoms with E-state index in [2.05, 4.69) is 33.4 Å². The van der Waals surface area contributed by atoms with Crippen LogP contribution in [0, 0.1) is 0 Å². The molecule has 4 heteroatoms. The van der Waals surface area contributed by atoms with Gasteiger partial charge in [0.25, 0.3) is 0 Å². The summed E-state index contributed by atoms with van der Waals surface area (Å²) in [5.74, 6) is 0.